The molecule has 2 fully saturated rings. The van der Waals surface area contributed by atoms with Crippen molar-refractivity contribution in [3.63, 3.8) is 0 Å². The number of rotatable bonds is 8. The summed E-state index contributed by atoms with van der Waals surface area (Å²) in [6.45, 7) is 8.38. The summed E-state index contributed by atoms with van der Waals surface area (Å²) in [6, 6.07) is 14.6. The number of hydrogen-bond acceptors (Lipinski definition) is 7. The molecule has 0 bridgehead atoms. The van der Waals surface area contributed by atoms with Crippen LogP contribution in [0.5, 0.6) is 0 Å². The zero-order valence-corrected chi connectivity index (χ0v) is 22.8. The van der Waals surface area contributed by atoms with Crippen molar-refractivity contribution in [3.05, 3.63) is 76.7 Å². The summed E-state index contributed by atoms with van der Waals surface area (Å²) in [5, 5.41) is 3.71. The van der Waals surface area contributed by atoms with Gasteiger partial charge in [-0.2, -0.15) is 0 Å². The Morgan fingerprint density at radius 1 is 1.08 bits per heavy atom. The lowest BCUT2D eigenvalue weighted by Gasteiger charge is -2.37. The number of nitrogens with one attached hydrogen (secondary N) is 1. The molecule has 38 heavy (non-hydrogen) atoms. The van der Waals surface area contributed by atoms with E-state index in [1.807, 2.05) is 43.3 Å². The average molecular weight is 536 g/mol. The second kappa shape index (κ2) is 12.1. The van der Waals surface area contributed by atoms with Gasteiger partial charge in [0, 0.05) is 61.9 Å². The van der Waals surface area contributed by atoms with Crippen molar-refractivity contribution in [2.75, 3.05) is 49.1 Å². The predicted octanol–water partition coefficient (Wildman–Crippen LogP) is 4.76. The fourth-order valence-corrected chi connectivity index (χ4v) is 5.72. The summed E-state index contributed by atoms with van der Waals surface area (Å²) >= 11 is 1.57. The van der Waals surface area contributed by atoms with Crippen LogP contribution >= 0.6 is 11.8 Å². The van der Waals surface area contributed by atoms with Gasteiger partial charge in [-0.1, -0.05) is 36.0 Å². The first-order valence-corrected chi connectivity index (χ1v) is 14.2. The predicted molar refractivity (Wildman–Crippen MR) is 150 cm³/mol. The number of hydrogen-bond donors (Lipinski definition) is 1. The summed E-state index contributed by atoms with van der Waals surface area (Å²) in [5.41, 5.74) is 4.37. The van der Waals surface area contributed by atoms with Crippen molar-refractivity contribution >= 4 is 29.2 Å². The normalized spacial score (nSPS) is 17.6. The molecule has 5 rings (SSSR count). The molecule has 1 N–H and O–H groups in total. The third-order valence-electron chi connectivity index (χ3n) is 7.19. The van der Waals surface area contributed by atoms with Crippen molar-refractivity contribution < 1.29 is 13.9 Å². The van der Waals surface area contributed by atoms with Crippen LogP contribution in [0.3, 0.4) is 0 Å². The first kappa shape index (κ1) is 26.4. The van der Waals surface area contributed by atoms with Gasteiger partial charge in [0.25, 0.3) is 5.91 Å². The van der Waals surface area contributed by atoms with Crippen LogP contribution in [0, 0.1) is 19.7 Å². The van der Waals surface area contributed by atoms with Gasteiger partial charge in [0.05, 0.1) is 11.8 Å². The molecule has 3 heterocycles. The lowest BCUT2D eigenvalue weighted by molar-refractivity contribution is 0.0857. The van der Waals surface area contributed by atoms with Gasteiger partial charge in [-0.15, -0.1) is 0 Å². The minimum absolute atomic E-state index is 0.0772. The van der Waals surface area contributed by atoms with E-state index >= 15 is 0 Å². The third-order valence-corrected chi connectivity index (χ3v) is 8.11. The van der Waals surface area contributed by atoms with Gasteiger partial charge in [0.1, 0.15) is 11.6 Å². The highest BCUT2D eigenvalue weighted by Crippen LogP contribution is 2.28. The van der Waals surface area contributed by atoms with E-state index in [1.54, 1.807) is 17.8 Å². The highest BCUT2D eigenvalue weighted by atomic mass is 32.2. The first-order chi connectivity index (χ1) is 18.5. The van der Waals surface area contributed by atoms with Crippen molar-refractivity contribution in [1.29, 1.82) is 0 Å². The summed E-state index contributed by atoms with van der Waals surface area (Å²) in [7, 11) is 0. The van der Waals surface area contributed by atoms with Crippen LogP contribution < -0.4 is 15.1 Å². The van der Waals surface area contributed by atoms with Crippen molar-refractivity contribution in [2.24, 2.45) is 0 Å². The molecule has 1 aromatic heterocycles. The fraction of sp³-hybridized carbons (Fsp3) is 0.414. The maximum absolute atomic E-state index is 14.3. The van der Waals surface area contributed by atoms with Gasteiger partial charge in [0.2, 0.25) is 0 Å². The molecule has 1 amide bonds. The number of anilines is 2. The highest BCUT2D eigenvalue weighted by molar-refractivity contribution is 7.98. The lowest BCUT2D eigenvalue weighted by atomic mass is 10.1. The molecule has 2 saturated heterocycles. The van der Waals surface area contributed by atoms with E-state index in [1.165, 1.54) is 6.07 Å². The smallest absolute Gasteiger partial charge is 0.251 e. The Kier molecular flexibility index (Phi) is 8.44. The number of amides is 1. The van der Waals surface area contributed by atoms with Gasteiger partial charge in [-0.05, 0) is 56.5 Å². The van der Waals surface area contributed by atoms with Gasteiger partial charge in [-0.25, -0.2) is 14.4 Å². The van der Waals surface area contributed by atoms with Crippen molar-refractivity contribution in [2.45, 2.75) is 43.7 Å². The van der Waals surface area contributed by atoms with E-state index in [9.17, 15) is 9.18 Å². The van der Waals surface area contributed by atoms with Gasteiger partial charge < -0.3 is 19.9 Å². The Balaban J connectivity index is 1.21. The Morgan fingerprint density at radius 3 is 2.63 bits per heavy atom. The lowest BCUT2D eigenvalue weighted by Crippen LogP contribution is -2.47. The molecule has 2 aromatic carbocycles. The molecule has 1 atom stereocenters. The maximum atomic E-state index is 14.3. The van der Waals surface area contributed by atoms with E-state index in [0.717, 1.165) is 68.3 Å². The van der Waals surface area contributed by atoms with E-state index in [-0.39, 0.29) is 17.8 Å². The van der Waals surface area contributed by atoms with Gasteiger partial charge >= 0.3 is 0 Å². The fourth-order valence-electron chi connectivity index (χ4n) is 4.89. The molecule has 0 spiro atoms. The molecule has 3 aromatic rings. The topological polar surface area (TPSA) is 70.6 Å². The SMILES string of the molecule is Cc1nc(SCc2cccc(C(=O)NCC3CCCO3)c2)nc(N2CCN(c3ccccc3F)CC2)c1C. The number of nitrogens with zero attached hydrogens (tertiary/aromatic N) is 4. The molecule has 2 aliphatic rings. The molecule has 2 aliphatic heterocycles. The Bertz CT molecular complexity index is 1280. The molecular weight excluding hydrogens is 501 g/mol. The van der Waals surface area contributed by atoms with Crippen molar-refractivity contribution in [1.82, 2.24) is 15.3 Å². The average Bonchev–Trinajstić information content (AvgIpc) is 3.47. The quantitative estimate of drug-likeness (QED) is 0.329. The standard InChI is InChI=1S/C29H34FN5O2S/c1-20-21(2)32-29(33-27(20)35-14-12-34(13-15-35)26-11-4-3-10-25(26)30)38-19-22-7-5-8-23(17-22)28(36)31-18-24-9-6-16-37-24/h3-5,7-8,10-11,17,24H,6,9,12-16,18-19H2,1-2H3,(H,31,36). The number of carbonyl (C=O) groups is 1. The monoisotopic (exact) mass is 535 g/mol. The molecular formula is C29H34FN5O2S. The number of piperazine rings is 1. The molecule has 0 radical (unpaired) electrons. The van der Waals surface area contributed by atoms with Gasteiger partial charge in [-0.3, -0.25) is 4.79 Å². The number of aryl methyl sites for hydroxylation is 1. The van der Waals surface area contributed by atoms with Crippen LogP contribution in [0.1, 0.15) is 40.0 Å². The molecule has 200 valence electrons. The number of halogens is 1. The van der Waals surface area contributed by atoms with Crippen LogP contribution in [-0.2, 0) is 10.5 Å². The van der Waals surface area contributed by atoms with E-state index < -0.39 is 0 Å². The number of carbonyl (C=O) groups excluding carboxylic acids is 1. The minimum Gasteiger partial charge on any atom is -0.376 e. The Hall–Kier alpha value is -3.17. The zero-order valence-electron chi connectivity index (χ0n) is 22.0. The molecule has 0 saturated carbocycles. The van der Waals surface area contributed by atoms with E-state index in [4.69, 9.17) is 14.7 Å². The number of para-hydroxylation sites is 1. The van der Waals surface area contributed by atoms with Crippen LogP contribution in [0.15, 0.2) is 53.7 Å². The molecule has 9 heteroatoms. The summed E-state index contributed by atoms with van der Waals surface area (Å²) in [4.78, 5) is 26.6. The largest absolute Gasteiger partial charge is 0.376 e. The number of aromatic nitrogens is 2. The Morgan fingerprint density at radius 2 is 1.87 bits per heavy atom. The molecule has 0 aliphatic carbocycles. The summed E-state index contributed by atoms with van der Waals surface area (Å²) in [5.74, 6) is 1.34. The van der Waals surface area contributed by atoms with Crippen molar-refractivity contribution in [3.8, 4) is 0 Å². The molecule has 1 unspecified atom stereocenters. The van der Waals surface area contributed by atoms with Gasteiger partial charge in [0.15, 0.2) is 5.16 Å². The minimum atomic E-state index is -0.182. The van der Waals surface area contributed by atoms with Crippen LogP contribution in [0.4, 0.5) is 15.9 Å². The van der Waals surface area contributed by atoms with E-state index in [2.05, 4.69) is 22.0 Å². The zero-order chi connectivity index (χ0) is 26.5. The second-order valence-electron chi connectivity index (χ2n) is 9.80. The number of thioether (sulfide) groups is 1. The number of ether oxygens (including phenoxy) is 1. The van der Waals surface area contributed by atoms with E-state index in [0.29, 0.717) is 28.7 Å². The third kappa shape index (κ3) is 6.27. The van der Waals surface area contributed by atoms with Crippen LogP contribution in [0.25, 0.3) is 0 Å². The second-order valence-corrected chi connectivity index (χ2v) is 10.7. The Labute approximate surface area is 227 Å². The van der Waals surface area contributed by atoms with Crippen LogP contribution in [-0.4, -0.2) is 61.3 Å². The summed E-state index contributed by atoms with van der Waals surface area (Å²) in [6.07, 6.45) is 2.17. The highest BCUT2D eigenvalue weighted by Gasteiger charge is 2.23. The summed E-state index contributed by atoms with van der Waals surface area (Å²) < 4.78 is 19.9. The van der Waals surface area contributed by atoms with Crippen LogP contribution in [0.2, 0.25) is 0 Å². The first-order valence-electron chi connectivity index (χ1n) is 13.2. The number of benzene rings is 2. The maximum Gasteiger partial charge on any atom is 0.251 e. The molecule has 7 nitrogen and oxygen atoms in total.